The third-order valence-electron chi connectivity index (χ3n) is 2.83. The maximum atomic E-state index is 11.3. The number of carboxylic acids is 3. The molecule has 0 fully saturated rings. The third kappa shape index (κ3) is 1.81. The zero-order valence-corrected chi connectivity index (χ0v) is 9.82. The molecule has 0 aliphatic heterocycles. The van der Waals surface area contributed by atoms with Crippen molar-refractivity contribution in [2.75, 3.05) is 0 Å². The number of hydrogen-bond donors (Lipinski definition) is 4. The van der Waals surface area contributed by atoms with Crippen LogP contribution in [0.15, 0.2) is 24.3 Å². The number of aromatic carboxylic acids is 3. The van der Waals surface area contributed by atoms with Crippen molar-refractivity contribution in [3.8, 4) is 5.75 Å². The standard InChI is InChI=1S/C13H8O7/c14-10-6-4-2-1-3-5(6)7(11(15)16)8(12(17)18)9(10)13(19)20/h1-4,14H,(H,15,16)(H,17,18)(H,19,20). The molecule has 2 rings (SSSR count). The smallest absolute Gasteiger partial charge is 0.340 e. The monoisotopic (exact) mass is 276 g/mol. The Kier molecular flexibility index (Phi) is 3.03. The van der Waals surface area contributed by atoms with Gasteiger partial charge in [0.1, 0.15) is 11.3 Å². The predicted molar refractivity (Wildman–Crippen MR) is 66.5 cm³/mol. The molecule has 0 atom stereocenters. The maximum absolute atomic E-state index is 11.3. The van der Waals surface area contributed by atoms with Crippen LogP contribution in [0.3, 0.4) is 0 Å². The third-order valence-corrected chi connectivity index (χ3v) is 2.83. The van der Waals surface area contributed by atoms with E-state index < -0.39 is 40.3 Å². The number of hydrogen-bond acceptors (Lipinski definition) is 4. The van der Waals surface area contributed by atoms with Gasteiger partial charge in [-0.15, -0.1) is 0 Å². The summed E-state index contributed by atoms with van der Waals surface area (Å²) >= 11 is 0. The minimum atomic E-state index is -1.74. The first-order valence-electron chi connectivity index (χ1n) is 5.33. The fraction of sp³-hybridized carbons (Fsp3) is 0. The van der Waals surface area contributed by atoms with Crippen LogP contribution in [0.25, 0.3) is 10.8 Å². The van der Waals surface area contributed by atoms with E-state index in [1.54, 1.807) is 0 Å². The molecule has 0 aromatic heterocycles. The van der Waals surface area contributed by atoms with Gasteiger partial charge < -0.3 is 20.4 Å². The molecule has 0 radical (unpaired) electrons. The molecule has 102 valence electrons. The normalized spacial score (nSPS) is 10.4. The van der Waals surface area contributed by atoms with Crippen molar-refractivity contribution in [3.63, 3.8) is 0 Å². The molecule has 4 N–H and O–H groups in total. The average Bonchev–Trinajstić information content (AvgIpc) is 2.37. The van der Waals surface area contributed by atoms with E-state index in [0.717, 1.165) is 0 Å². The Morgan fingerprint density at radius 3 is 1.60 bits per heavy atom. The molecular weight excluding hydrogens is 268 g/mol. The van der Waals surface area contributed by atoms with Gasteiger partial charge in [0.15, 0.2) is 0 Å². The van der Waals surface area contributed by atoms with Crippen LogP contribution in [-0.4, -0.2) is 38.3 Å². The molecule has 0 unspecified atom stereocenters. The van der Waals surface area contributed by atoms with E-state index in [1.165, 1.54) is 24.3 Å². The molecule has 0 bridgehead atoms. The average molecular weight is 276 g/mol. The molecule has 0 heterocycles. The van der Waals surface area contributed by atoms with Crippen molar-refractivity contribution in [1.82, 2.24) is 0 Å². The quantitative estimate of drug-likeness (QED) is 0.669. The minimum absolute atomic E-state index is 0.0349. The van der Waals surface area contributed by atoms with Gasteiger partial charge in [-0.05, 0) is 0 Å². The first kappa shape index (κ1) is 13.3. The van der Waals surface area contributed by atoms with Crippen LogP contribution in [0.4, 0.5) is 0 Å². The van der Waals surface area contributed by atoms with Crippen LogP contribution in [0.1, 0.15) is 31.1 Å². The molecule has 0 spiro atoms. The second-order valence-corrected chi connectivity index (χ2v) is 3.93. The molecule has 0 aliphatic rings. The summed E-state index contributed by atoms with van der Waals surface area (Å²) in [5, 5.41) is 37.1. The van der Waals surface area contributed by atoms with E-state index in [0.29, 0.717) is 0 Å². The number of aromatic hydroxyl groups is 1. The Labute approximate surface area is 111 Å². The highest BCUT2D eigenvalue weighted by Gasteiger charge is 2.30. The van der Waals surface area contributed by atoms with Crippen molar-refractivity contribution >= 4 is 28.7 Å². The van der Waals surface area contributed by atoms with Crippen molar-refractivity contribution in [1.29, 1.82) is 0 Å². The predicted octanol–water partition coefficient (Wildman–Crippen LogP) is 1.64. The summed E-state index contributed by atoms with van der Waals surface area (Å²) in [6.07, 6.45) is 0. The van der Waals surface area contributed by atoms with E-state index >= 15 is 0 Å². The van der Waals surface area contributed by atoms with Gasteiger partial charge >= 0.3 is 17.9 Å². The summed E-state index contributed by atoms with van der Waals surface area (Å²) in [4.78, 5) is 33.6. The number of fused-ring (bicyclic) bond motifs is 1. The van der Waals surface area contributed by atoms with Gasteiger partial charge in [-0.1, -0.05) is 24.3 Å². The number of benzene rings is 2. The van der Waals surface area contributed by atoms with Crippen molar-refractivity contribution in [3.05, 3.63) is 41.0 Å². The van der Waals surface area contributed by atoms with Gasteiger partial charge in [0, 0.05) is 10.8 Å². The summed E-state index contributed by atoms with van der Waals surface area (Å²) in [6, 6.07) is 5.55. The molecule has 0 aliphatic carbocycles. The van der Waals surface area contributed by atoms with Crippen molar-refractivity contribution in [2.24, 2.45) is 0 Å². The molecule has 0 saturated carbocycles. The molecule has 7 heteroatoms. The number of rotatable bonds is 3. The lowest BCUT2D eigenvalue weighted by molar-refractivity contribution is 0.0632. The molecule has 2 aromatic carbocycles. The Morgan fingerprint density at radius 1 is 0.700 bits per heavy atom. The van der Waals surface area contributed by atoms with Crippen molar-refractivity contribution in [2.45, 2.75) is 0 Å². The van der Waals surface area contributed by atoms with E-state index in [2.05, 4.69) is 0 Å². The van der Waals surface area contributed by atoms with Crippen LogP contribution in [-0.2, 0) is 0 Å². The fourth-order valence-corrected chi connectivity index (χ4v) is 2.06. The summed E-state index contributed by atoms with van der Waals surface area (Å²) in [7, 11) is 0. The van der Waals surface area contributed by atoms with Gasteiger partial charge in [0.2, 0.25) is 0 Å². The van der Waals surface area contributed by atoms with Crippen LogP contribution < -0.4 is 0 Å². The Balaban J connectivity index is 3.15. The number of phenols is 1. The molecular formula is C13H8O7. The van der Waals surface area contributed by atoms with E-state index in [4.69, 9.17) is 10.2 Å². The van der Waals surface area contributed by atoms with Gasteiger partial charge in [0.25, 0.3) is 0 Å². The zero-order chi connectivity index (χ0) is 15.0. The lowest BCUT2D eigenvalue weighted by Crippen LogP contribution is -2.15. The van der Waals surface area contributed by atoms with Crippen LogP contribution in [0, 0.1) is 0 Å². The maximum Gasteiger partial charge on any atom is 0.340 e. The summed E-state index contributed by atoms with van der Waals surface area (Å²) in [5.74, 6) is -5.80. The van der Waals surface area contributed by atoms with Crippen LogP contribution in [0.2, 0.25) is 0 Å². The summed E-state index contributed by atoms with van der Waals surface area (Å²) < 4.78 is 0. The molecule has 0 amide bonds. The first-order chi connectivity index (χ1) is 9.36. The number of carbonyl (C=O) groups is 3. The topological polar surface area (TPSA) is 132 Å². The molecule has 20 heavy (non-hydrogen) atoms. The summed E-state index contributed by atoms with van der Waals surface area (Å²) in [6.45, 7) is 0. The van der Waals surface area contributed by atoms with Crippen molar-refractivity contribution < 1.29 is 34.8 Å². The lowest BCUT2D eigenvalue weighted by Gasteiger charge is -2.12. The van der Waals surface area contributed by atoms with E-state index in [9.17, 15) is 24.6 Å². The van der Waals surface area contributed by atoms with Gasteiger partial charge in [-0.3, -0.25) is 0 Å². The highest BCUT2D eigenvalue weighted by molar-refractivity contribution is 6.19. The Hall–Kier alpha value is -3.09. The number of carboxylic acid groups (broad SMARTS) is 3. The zero-order valence-electron chi connectivity index (χ0n) is 9.82. The summed E-state index contributed by atoms with van der Waals surface area (Å²) in [5.41, 5.74) is -2.54. The van der Waals surface area contributed by atoms with Crippen LogP contribution >= 0.6 is 0 Å². The van der Waals surface area contributed by atoms with Gasteiger partial charge in [-0.2, -0.15) is 0 Å². The Morgan fingerprint density at radius 2 is 1.15 bits per heavy atom. The fourth-order valence-electron chi connectivity index (χ4n) is 2.06. The lowest BCUT2D eigenvalue weighted by atomic mass is 9.92. The molecule has 2 aromatic rings. The highest BCUT2D eigenvalue weighted by atomic mass is 16.4. The SMILES string of the molecule is O=C(O)c1c(C(=O)O)c(C(=O)O)c2ccccc2c1O. The van der Waals surface area contributed by atoms with E-state index in [-0.39, 0.29) is 10.8 Å². The molecule has 0 saturated heterocycles. The van der Waals surface area contributed by atoms with E-state index in [1.807, 2.05) is 0 Å². The second kappa shape index (κ2) is 4.54. The van der Waals surface area contributed by atoms with Gasteiger partial charge in [0.05, 0.1) is 11.1 Å². The van der Waals surface area contributed by atoms with Gasteiger partial charge in [-0.25, -0.2) is 14.4 Å². The first-order valence-corrected chi connectivity index (χ1v) is 5.33. The minimum Gasteiger partial charge on any atom is -0.506 e. The Bertz CT molecular complexity index is 761. The van der Waals surface area contributed by atoms with Crippen LogP contribution in [0.5, 0.6) is 5.75 Å². The molecule has 7 nitrogen and oxygen atoms in total. The largest absolute Gasteiger partial charge is 0.506 e. The highest BCUT2D eigenvalue weighted by Crippen LogP contribution is 2.35. The second-order valence-electron chi connectivity index (χ2n) is 3.93.